The summed E-state index contributed by atoms with van der Waals surface area (Å²) in [6.45, 7) is 1.98. The van der Waals surface area contributed by atoms with Crippen LogP contribution in [0, 0.1) is 6.92 Å². The number of carbonyl (C=O) groups is 1. The molecule has 0 radical (unpaired) electrons. The van der Waals surface area contributed by atoms with E-state index in [9.17, 15) is 13.2 Å². The van der Waals surface area contributed by atoms with Crippen LogP contribution >= 0.6 is 23.2 Å². The molecule has 1 atom stereocenters. The Hall–Kier alpha value is -2.38. The van der Waals surface area contributed by atoms with Crippen LogP contribution in [-0.4, -0.2) is 24.7 Å². The molecule has 0 aromatic heterocycles. The van der Waals surface area contributed by atoms with E-state index in [0.29, 0.717) is 0 Å². The highest BCUT2D eigenvalue weighted by atomic mass is 35.5. The zero-order chi connectivity index (χ0) is 22.2. The van der Waals surface area contributed by atoms with Crippen LogP contribution in [0.15, 0.2) is 71.6 Å². The third kappa shape index (κ3) is 4.34. The minimum absolute atomic E-state index is 0.0979. The maximum atomic E-state index is 13.5. The minimum atomic E-state index is -3.92. The summed E-state index contributed by atoms with van der Waals surface area (Å²) in [6, 6.07) is 18.1. The summed E-state index contributed by atoms with van der Waals surface area (Å²) < 4.78 is 28.3. The molecule has 1 aliphatic rings. The average molecular weight is 475 g/mol. The van der Waals surface area contributed by atoms with Gasteiger partial charge in [-0.15, -0.1) is 0 Å². The van der Waals surface area contributed by atoms with Crippen LogP contribution in [0.3, 0.4) is 0 Å². The highest BCUT2D eigenvalue weighted by Gasteiger charge is 2.39. The molecule has 1 heterocycles. The largest absolute Gasteiger partial charge is 0.322 e. The molecular weight excluding hydrogens is 455 g/mol. The molecule has 1 amide bonds. The van der Waals surface area contributed by atoms with Crippen LogP contribution in [0.4, 0.5) is 5.69 Å². The number of halogens is 2. The number of benzene rings is 3. The van der Waals surface area contributed by atoms with Crippen LogP contribution in [0.25, 0.3) is 0 Å². The number of carbonyl (C=O) groups excluding carboxylic acids is 1. The van der Waals surface area contributed by atoms with Crippen molar-refractivity contribution in [1.82, 2.24) is 4.31 Å². The van der Waals surface area contributed by atoms with Gasteiger partial charge in [0, 0.05) is 6.54 Å². The van der Waals surface area contributed by atoms with Crippen molar-refractivity contribution in [2.24, 2.45) is 0 Å². The van der Waals surface area contributed by atoms with Gasteiger partial charge < -0.3 is 5.32 Å². The van der Waals surface area contributed by atoms with Crippen LogP contribution in [-0.2, 0) is 27.8 Å². The Labute approximate surface area is 191 Å². The Morgan fingerprint density at radius 1 is 0.935 bits per heavy atom. The summed E-state index contributed by atoms with van der Waals surface area (Å²) in [7, 11) is -3.92. The molecule has 0 fully saturated rings. The highest BCUT2D eigenvalue weighted by molar-refractivity contribution is 7.89. The molecule has 4 rings (SSSR count). The topological polar surface area (TPSA) is 66.5 Å². The molecule has 0 spiro atoms. The summed E-state index contributed by atoms with van der Waals surface area (Å²) in [6.07, 6.45) is 0.245. The molecule has 5 nitrogen and oxygen atoms in total. The third-order valence-electron chi connectivity index (χ3n) is 5.35. The number of nitrogens with one attached hydrogen (secondary N) is 1. The first-order valence-electron chi connectivity index (χ1n) is 9.67. The van der Waals surface area contributed by atoms with E-state index in [-0.39, 0.29) is 33.6 Å². The number of anilines is 1. The van der Waals surface area contributed by atoms with Gasteiger partial charge in [0.15, 0.2) is 0 Å². The number of hydrogen-bond donors (Lipinski definition) is 1. The Balaban J connectivity index is 1.74. The standard InChI is InChI=1S/C23H20Cl2N2O3S/c1-15-9-11-18(12-10-15)31(29,30)27-14-17-6-3-2-5-16(17)13-21(27)23(28)26-22-19(24)7-4-8-20(22)25/h2-12,21H,13-14H2,1H3,(H,26,28). The van der Waals surface area contributed by atoms with Crippen LogP contribution in [0.1, 0.15) is 16.7 Å². The minimum Gasteiger partial charge on any atom is -0.322 e. The van der Waals surface area contributed by atoms with E-state index in [1.165, 1.54) is 4.31 Å². The van der Waals surface area contributed by atoms with Crippen molar-refractivity contribution < 1.29 is 13.2 Å². The molecule has 1 unspecified atom stereocenters. The number of aryl methyl sites for hydroxylation is 1. The molecule has 160 valence electrons. The lowest BCUT2D eigenvalue weighted by molar-refractivity contribution is -0.120. The monoisotopic (exact) mass is 474 g/mol. The van der Waals surface area contributed by atoms with E-state index in [0.717, 1.165) is 16.7 Å². The first-order valence-corrected chi connectivity index (χ1v) is 11.9. The summed E-state index contributed by atoms with van der Waals surface area (Å²) in [5.41, 5.74) is 3.02. The molecule has 3 aromatic rings. The average Bonchev–Trinajstić information content (AvgIpc) is 2.75. The van der Waals surface area contributed by atoms with Gasteiger partial charge in [0.2, 0.25) is 15.9 Å². The third-order valence-corrected chi connectivity index (χ3v) is 7.85. The van der Waals surface area contributed by atoms with Crippen molar-refractivity contribution in [3.63, 3.8) is 0 Å². The lowest BCUT2D eigenvalue weighted by atomic mass is 9.95. The summed E-state index contributed by atoms with van der Waals surface area (Å²) in [5.74, 6) is -0.486. The summed E-state index contributed by atoms with van der Waals surface area (Å²) in [5, 5.41) is 3.30. The fraction of sp³-hybridized carbons (Fsp3) is 0.174. The smallest absolute Gasteiger partial charge is 0.244 e. The van der Waals surface area contributed by atoms with Crippen molar-refractivity contribution in [2.45, 2.75) is 30.8 Å². The van der Waals surface area contributed by atoms with Crippen LogP contribution < -0.4 is 5.32 Å². The van der Waals surface area contributed by atoms with Gasteiger partial charge in [-0.05, 0) is 48.7 Å². The van der Waals surface area contributed by atoms with Gasteiger partial charge in [-0.2, -0.15) is 4.31 Å². The second-order valence-corrected chi connectivity index (χ2v) is 10.1. The number of sulfonamides is 1. The Kier molecular flexibility index (Phi) is 6.08. The van der Waals surface area contributed by atoms with E-state index in [4.69, 9.17) is 23.2 Å². The van der Waals surface area contributed by atoms with Crippen LogP contribution in [0.5, 0.6) is 0 Å². The number of fused-ring (bicyclic) bond motifs is 1. The van der Waals surface area contributed by atoms with E-state index in [1.54, 1.807) is 42.5 Å². The van der Waals surface area contributed by atoms with Crippen molar-refractivity contribution in [2.75, 3.05) is 5.32 Å². The number of amides is 1. The van der Waals surface area contributed by atoms with Gasteiger partial charge in [-0.3, -0.25) is 4.79 Å². The highest BCUT2D eigenvalue weighted by Crippen LogP contribution is 2.33. The van der Waals surface area contributed by atoms with Gasteiger partial charge in [0.25, 0.3) is 0 Å². The van der Waals surface area contributed by atoms with Gasteiger partial charge >= 0.3 is 0 Å². The molecule has 0 aliphatic carbocycles. The van der Waals surface area contributed by atoms with Gasteiger partial charge in [-0.25, -0.2) is 8.42 Å². The van der Waals surface area contributed by atoms with E-state index in [2.05, 4.69) is 5.32 Å². The van der Waals surface area contributed by atoms with E-state index < -0.39 is 22.0 Å². The maximum absolute atomic E-state index is 13.5. The number of rotatable bonds is 4. The number of para-hydroxylation sites is 1. The van der Waals surface area contributed by atoms with Crippen molar-refractivity contribution in [3.8, 4) is 0 Å². The van der Waals surface area contributed by atoms with E-state index >= 15 is 0 Å². The first-order chi connectivity index (χ1) is 14.8. The molecular formula is C23H20Cl2N2O3S. The van der Waals surface area contributed by atoms with Crippen molar-refractivity contribution in [3.05, 3.63) is 93.5 Å². The van der Waals surface area contributed by atoms with Gasteiger partial charge in [0.05, 0.1) is 20.6 Å². The lowest BCUT2D eigenvalue weighted by Gasteiger charge is -2.35. The quantitative estimate of drug-likeness (QED) is 0.574. The normalized spacial score (nSPS) is 16.5. The number of hydrogen-bond acceptors (Lipinski definition) is 3. The zero-order valence-electron chi connectivity index (χ0n) is 16.7. The van der Waals surface area contributed by atoms with Crippen LogP contribution in [0.2, 0.25) is 10.0 Å². The molecule has 0 saturated heterocycles. The van der Waals surface area contributed by atoms with Gasteiger partial charge in [-0.1, -0.05) is 71.2 Å². The summed E-state index contributed by atoms with van der Waals surface area (Å²) >= 11 is 12.4. The van der Waals surface area contributed by atoms with Crippen molar-refractivity contribution in [1.29, 1.82) is 0 Å². The predicted molar refractivity (Wildman–Crippen MR) is 123 cm³/mol. The molecule has 0 bridgehead atoms. The molecule has 1 N–H and O–H groups in total. The second kappa shape index (κ2) is 8.63. The number of nitrogens with zero attached hydrogens (tertiary/aromatic N) is 1. The fourth-order valence-electron chi connectivity index (χ4n) is 3.64. The zero-order valence-corrected chi connectivity index (χ0v) is 19.0. The second-order valence-electron chi connectivity index (χ2n) is 7.44. The predicted octanol–water partition coefficient (Wildman–Crippen LogP) is 5.06. The van der Waals surface area contributed by atoms with Gasteiger partial charge in [0.1, 0.15) is 6.04 Å². The molecule has 1 aliphatic heterocycles. The van der Waals surface area contributed by atoms with Crippen molar-refractivity contribution >= 4 is 44.8 Å². The first kappa shape index (κ1) is 21.8. The Bertz CT molecular complexity index is 1220. The maximum Gasteiger partial charge on any atom is 0.244 e. The van der Waals surface area contributed by atoms with E-state index in [1.807, 2.05) is 31.2 Å². The lowest BCUT2D eigenvalue weighted by Crippen LogP contribution is -2.50. The molecule has 8 heteroatoms. The Morgan fingerprint density at radius 3 is 2.19 bits per heavy atom. The molecule has 3 aromatic carbocycles. The Morgan fingerprint density at radius 2 is 1.55 bits per heavy atom. The SMILES string of the molecule is Cc1ccc(S(=O)(=O)N2Cc3ccccc3CC2C(=O)Nc2c(Cl)cccc2Cl)cc1. The fourth-order valence-corrected chi connectivity index (χ4v) is 5.70. The molecule has 0 saturated carbocycles. The molecule has 31 heavy (non-hydrogen) atoms. The summed E-state index contributed by atoms with van der Waals surface area (Å²) in [4.78, 5) is 13.4.